The van der Waals surface area contributed by atoms with E-state index in [-0.39, 0.29) is 12.4 Å². The summed E-state index contributed by atoms with van der Waals surface area (Å²) in [6.07, 6.45) is 0. The second-order valence-electron chi connectivity index (χ2n) is 4.10. The van der Waals surface area contributed by atoms with Crippen molar-refractivity contribution in [2.24, 2.45) is 0 Å². The van der Waals surface area contributed by atoms with Crippen molar-refractivity contribution in [2.45, 2.75) is 11.9 Å². The molecular formula is C15H10Br2FNO. The van der Waals surface area contributed by atoms with E-state index in [9.17, 15) is 4.39 Å². The molecule has 0 saturated heterocycles. The average molecular weight is 399 g/mol. The lowest BCUT2D eigenvalue weighted by Gasteiger charge is -2.10. The molecule has 2 aromatic rings. The monoisotopic (exact) mass is 397 g/mol. The van der Waals surface area contributed by atoms with Gasteiger partial charge in [0.2, 0.25) is 0 Å². The maximum absolute atomic E-state index is 13.2. The van der Waals surface area contributed by atoms with Crippen LogP contribution in [0.5, 0.6) is 5.75 Å². The van der Waals surface area contributed by atoms with Crippen molar-refractivity contribution >= 4 is 31.9 Å². The first-order chi connectivity index (χ1) is 9.63. The van der Waals surface area contributed by atoms with Crippen molar-refractivity contribution < 1.29 is 9.13 Å². The Kier molecular flexibility index (Phi) is 5.16. The Morgan fingerprint density at radius 3 is 2.65 bits per heavy atom. The van der Waals surface area contributed by atoms with Gasteiger partial charge in [-0.05, 0) is 51.8 Å². The van der Waals surface area contributed by atoms with Crippen molar-refractivity contribution in [3.63, 3.8) is 0 Å². The van der Waals surface area contributed by atoms with Crippen LogP contribution in [0.4, 0.5) is 4.39 Å². The highest BCUT2D eigenvalue weighted by molar-refractivity contribution is 9.10. The Morgan fingerprint density at radius 2 is 2.00 bits per heavy atom. The lowest BCUT2D eigenvalue weighted by atomic mass is 10.1. The van der Waals surface area contributed by atoms with Gasteiger partial charge in [-0.1, -0.05) is 22.0 Å². The third-order valence-electron chi connectivity index (χ3n) is 2.72. The SMILES string of the molecule is N#Cc1ccc(F)cc1COc1ccc(CBr)cc1Br. The van der Waals surface area contributed by atoms with Gasteiger partial charge < -0.3 is 4.74 Å². The normalized spacial score (nSPS) is 10.1. The third kappa shape index (κ3) is 3.59. The highest BCUT2D eigenvalue weighted by atomic mass is 79.9. The lowest BCUT2D eigenvalue weighted by molar-refractivity contribution is 0.303. The molecule has 0 atom stereocenters. The summed E-state index contributed by atoms with van der Waals surface area (Å²) in [7, 11) is 0. The third-order valence-corrected chi connectivity index (χ3v) is 3.99. The largest absolute Gasteiger partial charge is 0.488 e. The molecule has 2 rings (SSSR count). The molecule has 0 fully saturated rings. The van der Waals surface area contributed by atoms with E-state index in [0.29, 0.717) is 16.9 Å². The van der Waals surface area contributed by atoms with E-state index in [1.807, 2.05) is 24.3 Å². The fraction of sp³-hybridized carbons (Fsp3) is 0.133. The van der Waals surface area contributed by atoms with Gasteiger partial charge in [0.25, 0.3) is 0 Å². The van der Waals surface area contributed by atoms with E-state index in [4.69, 9.17) is 10.00 Å². The predicted molar refractivity (Wildman–Crippen MR) is 82.2 cm³/mol. The molecule has 2 nitrogen and oxygen atoms in total. The van der Waals surface area contributed by atoms with Crippen molar-refractivity contribution in [3.05, 3.63) is 63.4 Å². The molecule has 0 heterocycles. The lowest BCUT2D eigenvalue weighted by Crippen LogP contribution is -2.00. The average Bonchev–Trinajstić information content (AvgIpc) is 2.46. The van der Waals surface area contributed by atoms with Crippen LogP contribution in [0, 0.1) is 17.1 Å². The zero-order valence-electron chi connectivity index (χ0n) is 10.4. The summed E-state index contributed by atoms with van der Waals surface area (Å²) in [5, 5.41) is 9.75. The van der Waals surface area contributed by atoms with Crippen LogP contribution in [-0.2, 0) is 11.9 Å². The van der Waals surface area contributed by atoms with Gasteiger partial charge >= 0.3 is 0 Å². The second kappa shape index (κ2) is 6.87. The van der Waals surface area contributed by atoms with Gasteiger partial charge in [0, 0.05) is 10.9 Å². The van der Waals surface area contributed by atoms with Crippen LogP contribution in [0.2, 0.25) is 0 Å². The molecule has 0 aliphatic heterocycles. The number of benzene rings is 2. The highest BCUT2D eigenvalue weighted by Gasteiger charge is 2.07. The quantitative estimate of drug-likeness (QED) is 0.683. The molecule has 0 bridgehead atoms. The number of rotatable bonds is 4. The minimum absolute atomic E-state index is 0.146. The molecule has 0 aliphatic rings. The summed E-state index contributed by atoms with van der Waals surface area (Å²) in [4.78, 5) is 0. The maximum Gasteiger partial charge on any atom is 0.134 e. The summed E-state index contributed by atoms with van der Waals surface area (Å²) in [5.41, 5.74) is 2.07. The van der Waals surface area contributed by atoms with Gasteiger partial charge in [0.15, 0.2) is 0 Å². The molecule has 0 unspecified atom stereocenters. The van der Waals surface area contributed by atoms with Crippen LogP contribution < -0.4 is 4.74 Å². The maximum atomic E-state index is 13.2. The van der Waals surface area contributed by atoms with Crippen LogP contribution in [0.25, 0.3) is 0 Å². The Hall–Kier alpha value is -1.38. The molecule has 0 aromatic heterocycles. The minimum Gasteiger partial charge on any atom is -0.488 e. The number of hydrogen-bond acceptors (Lipinski definition) is 2. The summed E-state index contributed by atoms with van der Waals surface area (Å²) >= 11 is 6.81. The van der Waals surface area contributed by atoms with E-state index >= 15 is 0 Å². The molecular weight excluding hydrogens is 389 g/mol. The summed E-state index contributed by atoms with van der Waals surface area (Å²) in [6.45, 7) is 0.146. The standard InChI is InChI=1S/C15H10Br2FNO/c16-7-10-1-4-15(14(17)5-10)20-9-12-6-13(18)3-2-11(12)8-19/h1-6H,7,9H2. The molecule has 0 N–H and O–H groups in total. The molecule has 20 heavy (non-hydrogen) atoms. The van der Waals surface area contributed by atoms with E-state index < -0.39 is 0 Å². The fourth-order valence-corrected chi connectivity index (χ4v) is 2.58. The number of halogens is 3. The van der Waals surface area contributed by atoms with E-state index in [1.54, 1.807) is 0 Å². The Bertz CT molecular complexity index is 667. The number of alkyl halides is 1. The second-order valence-corrected chi connectivity index (χ2v) is 5.52. The topological polar surface area (TPSA) is 33.0 Å². The van der Waals surface area contributed by atoms with E-state index in [2.05, 4.69) is 31.9 Å². The molecule has 2 aromatic carbocycles. The van der Waals surface area contributed by atoms with Crippen molar-refractivity contribution in [3.8, 4) is 11.8 Å². The van der Waals surface area contributed by atoms with Crippen molar-refractivity contribution in [1.82, 2.24) is 0 Å². The number of hydrogen-bond donors (Lipinski definition) is 0. The zero-order valence-corrected chi connectivity index (χ0v) is 13.5. The smallest absolute Gasteiger partial charge is 0.134 e. The molecule has 0 radical (unpaired) electrons. The summed E-state index contributed by atoms with van der Waals surface area (Å²) in [5.74, 6) is 0.277. The summed E-state index contributed by atoms with van der Waals surface area (Å²) in [6, 6.07) is 11.8. The van der Waals surface area contributed by atoms with Gasteiger partial charge in [-0.2, -0.15) is 5.26 Å². The molecule has 102 valence electrons. The molecule has 0 amide bonds. The molecule has 0 aliphatic carbocycles. The van der Waals surface area contributed by atoms with E-state index in [0.717, 1.165) is 15.4 Å². The fourth-order valence-electron chi connectivity index (χ4n) is 1.69. The Morgan fingerprint density at radius 1 is 1.20 bits per heavy atom. The first-order valence-corrected chi connectivity index (χ1v) is 7.71. The van der Waals surface area contributed by atoms with Gasteiger partial charge in [-0.15, -0.1) is 0 Å². The number of nitriles is 1. The molecule has 0 saturated carbocycles. The predicted octanol–water partition coefficient (Wildman–Crippen LogP) is 4.93. The van der Waals surface area contributed by atoms with Crippen LogP contribution in [0.3, 0.4) is 0 Å². The van der Waals surface area contributed by atoms with Gasteiger partial charge in [0.05, 0.1) is 16.1 Å². The number of nitrogens with zero attached hydrogens (tertiary/aromatic N) is 1. The summed E-state index contributed by atoms with van der Waals surface area (Å²) < 4.78 is 19.7. The van der Waals surface area contributed by atoms with Gasteiger partial charge in [-0.3, -0.25) is 0 Å². The number of ether oxygens (including phenoxy) is 1. The van der Waals surface area contributed by atoms with E-state index in [1.165, 1.54) is 18.2 Å². The van der Waals surface area contributed by atoms with Crippen LogP contribution >= 0.6 is 31.9 Å². The Labute approximate surface area is 133 Å². The molecule has 0 spiro atoms. The van der Waals surface area contributed by atoms with Crippen LogP contribution in [-0.4, -0.2) is 0 Å². The minimum atomic E-state index is -0.378. The highest BCUT2D eigenvalue weighted by Crippen LogP contribution is 2.28. The van der Waals surface area contributed by atoms with Crippen molar-refractivity contribution in [1.29, 1.82) is 5.26 Å². The Balaban J connectivity index is 2.17. The van der Waals surface area contributed by atoms with Crippen LogP contribution in [0.1, 0.15) is 16.7 Å². The van der Waals surface area contributed by atoms with Crippen LogP contribution in [0.15, 0.2) is 40.9 Å². The van der Waals surface area contributed by atoms with Gasteiger partial charge in [0.1, 0.15) is 18.2 Å². The molecule has 5 heteroatoms. The van der Waals surface area contributed by atoms with Crippen molar-refractivity contribution in [2.75, 3.05) is 0 Å². The van der Waals surface area contributed by atoms with Gasteiger partial charge in [-0.25, -0.2) is 4.39 Å². The zero-order chi connectivity index (χ0) is 14.5. The first kappa shape index (κ1) is 15.0. The first-order valence-electron chi connectivity index (χ1n) is 5.79.